The number of carbonyl (C=O) groups is 2. The van der Waals surface area contributed by atoms with Crippen molar-refractivity contribution in [1.29, 1.82) is 0 Å². The largest absolute Gasteiger partial charge is 0.497 e. The summed E-state index contributed by atoms with van der Waals surface area (Å²) in [6.45, 7) is 0.395. The molecule has 0 fully saturated rings. The van der Waals surface area contributed by atoms with Crippen LogP contribution in [0.3, 0.4) is 0 Å². The molecule has 0 saturated heterocycles. The number of amides is 2. The summed E-state index contributed by atoms with van der Waals surface area (Å²) in [5, 5.41) is 14.7. The molecule has 0 radical (unpaired) electrons. The van der Waals surface area contributed by atoms with E-state index < -0.39 is 0 Å². The molecule has 1 heterocycles. The maximum Gasteiger partial charge on any atom is 0.251 e. The fourth-order valence-corrected chi connectivity index (χ4v) is 4.10. The van der Waals surface area contributed by atoms with Crippen LogP contribution in [0.15, 0.2) is 48.5 Å². The monoisotopic (exact) mass is 460 g/mol. The summed E-state index contributed by atoms with van der Waals surface area (Å²) >= 11 is 2.70. The van der Waals surface area contributed by atoms with E-state index in [2.05, 4.69) is 20.8 Å². The summed E-state index contributed by atoms with van der Waals surface area (Å²) in [4.78, 5) is 24.3. The molecular formula is C21H21FN4O3S2. The zero-order chi connectivity index (χ0) is 22.1. The minimum Gasteiger partial charge on any atom is -0.497 e. The maximum atomic E-state index is 12.9. The molecule has 0 aliphatic rings. The van der Waals surface area contributed by atoms with Gasteiger partial charge in [-0.25, -0.2) is 4.39 Å². The third kappa shape index (κ3) is 7.34. The number of hydrogen-bond acceptors (Lipinski definition) is 7. The van der Waals surface area contributed by atoms with Crippen molar-refractivity contribution in [3.8, 4) is 5.75 Å². The van der Waals surface area contributed by atoms with Gasteiger partial charge in [0, 0.05) is 24.3 Å². The first-order valence-corrected chi connectivity index (χ1v) is 11.4. The number of rotatable bonds is 10. The molecule has 0 aliphatic heterocycles. The van der Waals surface area contributed by atoms with Crippen molar-refractivity contribution < 1.29 is 18.7 Å². The molecule has 2 N–H and O–H groups in total. The highest BCUT2D eigenvalue weighted by atomic mass is 32.2. The predicted octanol–water partition coefficient (Wildman–Crippen LogP) is 3.53. The van der Waals surface area contributed by atoms with Gasteiger partial charge in [0.15, 0.2) is 0 Å². The van der Waals surface area contributed by atoms with Gasteiger partial charge in [-0.2, -0.15) is 0 Å². The second-order valence-electron chi connectivity index (χ2n) is 6.41. The van der Waals surface area contributed by atoms with Gasteiger partial charge in [0.1, 0.15) is 16.6 Å². The van der Waals surface area contributed by atoms with Gasteiger partial charge in [0.2, 0.25) is 11.0 Å². The van der Waals surface area contributed by atoms with Crippen molar-refractivity contribution in [2.75, 3.05) is 24.7 Å². The molecule has 0 spiro atoms. The Balaban J connectivity index is 1.37. The van der Waals surface area contributed by atoms with Crippen LogP contribution in [0.2, 0.25) is 0 Å². The molecule has 7 nitrogen and oxygen atoms in total. The minimum absolute atomic E-state index is 0.180. The van der Waals surface area contributed by atoms with Crippen LogP contribution < -0.4 is 15.4 Å². The maximum absolute atomic E-state index is 12.9. The average Bonchev–Trinajstić information content (AvgIpc) is 3.22. The SMILES string of the molecule is COc1cccc(C(=O)NCCc2nnc(NC(=O)CSCc3ccc(F)cc3)s2)c1. The summed E-state index contributed by atoms with van der Waals surface area (Å²) in [5.74, 6) is 0.827. The molecule has 1 aromatic heterocycles. The standard InChI is InChI=1S/C21H21FN4O3S2/c1-29-17-4-2-3-15(11-17)20(28)23-10-9-19-25-26-21(31-19)24-18(27)13-30-12-14-5-7-16(22)8-6-14/h2-8,11H,9-10,12-13H2,1H3,(H,23,28)(H,24,26,27). The smallest absolute Gasteiger partial charge is 0.251 e. The van der Waals surface area contributed by atoms with Gasteiger partial charge in [-0.05, 0) is 35.9 Å². The zero-order valence-corrected chi connectivity index (χ0v) is 18.4. The first-order valence-electron chi connectivity index (χ1n) is 9.40. The lowest BCUT2D eigenvalue weighted by Gasteiger charge is -2.05. The molecule has 2 amide bonds. The van der Waals surface area contributed by atoms with Crippen molar-refractivity contribution >= 4 is 40.0 Å². The Bertz CT molecular complexity index is 1030. The molecule has 0 atom stereocenters. The van der Waals surface area contributed by atoms with E-state index in [1.807, 2.05) is 0 Å². The van der Waals surface area contributed by atoms with E-state index in [0.29, 0.717) is 40.2 Å². The Labute approximate surface area is 187 Å². The number of nitrogens with zero attached hydrogens (tertiary/aromatic N) is 2. The van der Waals surface area contributed by atoms with Crippen molar-refractivity contribution in [2.24, 2.45) is 0 Å². The Kier molecular flexibility index (Phi) is 8.36. The fraction of sp³-hybridized carbons (Fsp3) is 0.238. The minimum atomic E-state index is -0.279. The Morgan fingerprint density at radius 3 is 2.74 bits per heavy atom. The lowest BCUT2D eigenvalue weighted by Crippen LogP contribution is -2.25. The number of thioether (sulfide) groups is 1. The van der Waals surface area contributed by atoms with Gasteiger partial charge < -0.3 is 10.1 Å². The van der Waals surface area contributed by atoms with Gasteiger partial charge in [-0.3, -0.25) is 14.9 Å². The number of hydrogen-bond donors (Lipinski definition) is 2. The first kappa shape index (κ1) is 22.7. The van der Waals surface area contributed by atoms with Crippen molar-refractivity contribution in [3.05, 3.63) is 70.5 Å². The number of ether oxygens (including phenoxy) is 1. The highest BCUT2D eigenvalue weighted by Crippen LogP contribution is 2.17. The van der Waals surface area contributed by atoms with Gasteiger partial charge >= 0.3 is 0 Å². The third-order valence-electron chi connectivity index (χ3n) is 4.08. The highest BCUT2D eigenvalue weighted by Gasteiger charge is 2.10. The van der Waals surface area contributed by atoms with Gasteiger partial charge in [0.25, 0.3) is 5.91 Å². The molecule has 3 aromatic rings. The average molecular weight is 461 g/mol. The van der Waals surface area contributed by atoms with Crippen LogP contribution in [0.5, 0.6) is 5.75 Å². The van der Waals surface area contributed by atoms with Crippen LogP contribution in [0.25, 0.3) is 0 Å². The van der Waals surface area contributed by atoms with Crippen LogP contribution in [-0.4, -0.2) is 41.4 Å². The lowest BCUT2D eigenvalue weighted by atomic mass is 10.2. The second kappa shape index (κ2) is 11.4. The van der Waals surface area contributed by atoms with Crippen molar-refractivity contribution in [3.63, 3.8) is 0 Å². The molecule has 3 rings (SSSR count). The van der Waals surface area contributed by atoms with E-state index in [1.54, 1.807) is 43.5 Å². The molecule has 0 bridgehead atoms. The fourth-order valence-electron chi connectivity index (χ4n) is 2.55. The van der Waals surface area contributed by atoms with Crippen LogP contribution in [0, 0.1) is 5.82 Å². The Morgan fingerprint density at radius 1 is 1.16 bits per heavy atom. The predicted molar refractivity (Wildman–Crippen MR) is 120 cm³/mol. The molecule has 0 unspecified atom stereocenters. The number of anilines is 1. The number of nitrogens with one attached hydrogen (secondary N) is 2. The summed E-state index contributed by atoms with van der Waals surface area (Å²) in [6.07, 6.45) is 0.503. The van der Waals surface area contributed by atoms with Gasteiger partial charge in [0.05, 0.1) is 12.9 Å². The first-order chi connectivity index (χ1) is 15.0. The Morgan fingerprint density at radius 2 is 1.97 bits per heavy atom. The van der Waals surface area contributed by atoms with E-state index in [1.165, 1.54) is 35.2 Å². The summed E-state index contributed by atoms with van der Waals surface area (Å²) in [5.41, 5.74) is 1.47. The summed E-state index contributed by atoms with van der Waals surface area (Å²) in [7, 11) is 1.55. The second-order valence-corrected chi connectivity index (χ2v) is 8.45. The molecular weight excluding hydrogens is 439 g/mol. The van der Waals surface area contributed by atoms with E-state index in [4.69, 9.17) is 4.74 Å². The molecule has 0 aliphatic carbocycles. The molecule has 10 heteroatoms. The number of methoxy groups -OCH3 is 1. The van der Waals surface area contributed by atoms with Crippen LogP contribution in [0.4, 0.5) is 9.52 Å². The summed E-state index contributed by atoms with van der Waals surface area (Å²) in [6, 6.07) is 13.1. The molecule has 31 heavy (non-hydrogen) atoms. The highest BCUT2D eigenvalue weighted by molar-refractivity contribution is 7.99. The number of benzene rings is 2. The van der Waals surface area contributed by atoms with Crippen LogP contribution in [-0.2, 0) is 17.0 Å². The van der Waals surface area contributed by atoms with E-state index in [9.17, 15) is 14.0 Å². The molecule has 162 valence electrons. The lowest BCUT2D eigenvalue weighted by molar-refractivity contribution is -0.113. The van der Waals surface area contributed by atoms with E-state index in [0.717, 1.165) is 5.56 Å². The number of carbonyl (C=O) groups excluding carboxylic acids is 2. The van der Waals surface area contributed by atoms with Crippen molar-refractivity contribution in [2.45, 2.75) is 12.2 Å². The van der Waals surface area contributed by atoms with Gasteiger partial charge in [-0.1, -0.05) is 29.5 Å². The summed E-state index contributed by atoms with van der Waals surface area (Å²) < 4.78 is 18.0. The quantitative estimate of drug-likeness (QED) is 0.481. The zero-order valence-electron chi connectivity index (χ0n) is 16.8. The van der Waals surface area contributed by atoms with E-state index in [-0.39, 0.29) is 23.4 Å². The van der Waals surface area contributed by atoms with E-state index >= 15 is 0 Å². The topological polar surface area (TPSA) is 93.2 Å². The molecule has 2 aromatic carbocycles. The van der Waals surface area contributed by atoms with Crippen LogP contribution >= 0.6 is 23.1 Å². The van der Waals surface area contributed by atoms with Gasteiger partial charge in [-0.15, -0.1) is 22.0 Å². The number of halogens is 1. The normalized spacial score (nSPS) is 10.5. The van der Waals surface area contributed by atoms with Crippen molar-refractivity contribution in [1.82, 2.24) is 15.5 Å². The van der Waals surface area contributed by atoms with Crippen LogP contribution in [0.1, 0.15) is 20.9 Å². The number of aromatic nitrogens is 2. The third-order valence-corrected chi connectivity index (χ3v) is 5.99. The molecule has 0 saturated carbocycles. The Hall–Kier alpha value is -2.98.